The number of anilines is 2. The summed E-state index contributed by atoms with van der Waals surface area (Å²) in [6, 6.07) is 5.26. The minimum atomic E-state index is -0.915. The number of rotatable bonds is 3. The summed E-state index contributed by atoms with van der Waals surface area (Å²) in [5.41, 5.74) is 7.25. The second-order valence-corrected chi connectivity index (χ2v) is 5.21. The zero-order valence-electron chi connectivity index (χ0n) is 10.6. The van der Waals surface area contributed by atoms with Crippen LogP contribution in [0.1, 0.15) is 43.0 Å². The van der Waals surface area contributed by atoms with Crippen LogP contribution in [0.2, 0.25) is 0 Å². The van der Waals surface area contributed by atoms with Gasteiger partial charge in [0.05, 0.1) is 11.3 Å². The summed E-state index contributed by atoms with van der Waals surface area (Å²) in [5.74, 6) is -0.135. The number of carbonyl (C=O) groups is 1. The Bertz CT molecular complexity index is 437. The maximum Gasteiger partial charge on any atom is 0.337 e. The minimum absolute atomic E-state index is 0.294. The van der Waals surface area contributed by atoms with Gasteiger partial charge in [-0.05, 0) is 49.8 Å². The van der Waals surface area contributed by atoms with Crippen molar-refractivity contribution in [2.75, 3.05) is 11.1 Å². The Morgan fingerprint density at radius 1 is 1.33 bits per heavy atom. The molecule has 0 aliphatic heterocycles. The molecule has 0 aromatic heterocycles. The van der Waals surface area contributed by atoms with Crippen LogP contribution in [0, 0.1) is 5.92 Å². The topological polar surface area (TPSA) is 75.3 Å². The Kier molecular flexibility index (Phi) is 3.75. The van der Waals surface area contributed by atoms with Crippen LogP contribution in [0.3, 0.4) is 0 Å². The number of carboxylic acid groups (broad SMARTS) is 1. The lowest BCUT2D eigenvalue weighted by atomic mass is 9.87. The fraction of sp³-hybridized carbons (Fsp3) is 0.500. The van der Waals surface area contributed by atoms with E-state index in [0.717, 1.165) is 18.8 Å². The first-order valence-corrected chi connectivity index (χ1v) is 6.45. The molecule has 0 spiro atoms. The van der Waals surface area contributed by atoms with Crippen LogP contribution in [0.25, 0.3) is 0 Å². The van der Waals surface area contributed by atoms with Gasteiger partial charge < -0.3 is 16.2 Å². The zero-order valence-corrected chi connectivity index (χ0v) is 10.6. The van der Waals surface area contributed by atoms with Gasteiger partial charge in [0, 0.05) is 11.7 Å². The predicted molar refractivity (Wildman–Crippen MR) is 72.9 cm³/mol. The zero-order chi connectivity index (χ0) is 13.1. The third-order valence-electron chi connectivity index (χ3n) is 3.65. The minimum Gasteiger partial charge on any atom is -0.478 e. The monoisotopic (exact) mass is 248 g/mol. The van der Waals surface area contributed by atoms with Crippen molar-refractivity contribution >= 4 is 17.3 Å². The summed E-state index contributed by atoms with van der Waals surface area (Å²) in [4.78, 5) is 11.1. The van der Waals surface area contributed by atoms with Gasteiger partial charge in [0.1, 0.15) is 0 Å². The molecule has 1 aromatic carbocycles. The molecular formula is C14H20N2O2. The molecule has 2 rings (SSSR count). The van der Waals surface area contributed by atoms with Gasteiger partial charge in [0.25, 0.3) is 0 Å². The van der Waals surface area contributed by atoms with Crippen molar-refractivity contribution in [3.05, 3.63) is 23.8 Å². The Morgan fingerprint density at radius 2 is 2.00 bits per heavy atom. The molecule has 1 fully saturated rings. The van der Waals surface area contributed by atoms with E-state index in [2.05, 4.69) is 12.2 Å². The van der Waals surface area contributed by atoms with E-state index >= 15 is 0 Å². The molecule has 4 N–H and O–H groups in total. The van der Waals surface area contributed by atoms with Crippen LogP contribution in [-0.2, 0) is 0 Å². The highest BCUT2D eigenvalue weighted by atomic mass is 16.4. The van der Waals surface area contributed by atoms with Crippen molar-refractivity contribution in [1.29, 1.82) is 0 Å². The summed E-state index contributed by atoms with van der Waals surface area (Å²) < 4.78 is 0. The molecule has 1 saturated carbocycles. The number of nitrogens with two attached hydrogens (primary N) is 1. The molecule has 18 heavy (non-hydrogen) atoms. The molecule has 4 heteroatoms. The summed E-state index contributed by atoms with van der Waals surface area (Å²) in [5, 5.41) is 12.5. The maximum atomic E-state index is 11.1. The second kappa shape index (κ2) is 5.29. The number of benzene rings is 1. The van der Waals surface area contributed by atoms with E-state index in [1.165, 1.54) is 12.8 Å². The molecule has 0 bridgehead atoms. The van der Waals surface area contributed by atoms with Gasteiger partial charge >= 0.3 is 5.97 Å². The molecular weight excluding hydrogens is 228 g/mol. The molecule has 0 unspecified atom stereocenters. The van der Waals surface area contributed by atoms with E-state index in [0.29, 0.717) is 23.0 Å². The third-order valence-corrected chi connectivity index (χ3v) is 3.65. The first-order chi connectivity index (χ1) is 8.56. The maximum absolute atomic E-state index is 11.1. The van der Waals surface area contributed by atoms with Gasteiger partial charge in [-0.2, -0.15) is 0 Å². The first-order valence-electron chi connectivity index (χ1n) is 6.45. The average molecular weight is 248 g/mol. The quantitative estimate of drug-likeness (QED) is 0.719. The molecule has 4 nitrogen and oxygen atoms in total. The van der Waals surface area contributed by atoms with Crippen molar-refractivity contribution in [1.82, 2.24) is 0 Å². The smallest absolute Gasteiger partial charge is 0.337 e. The van der Waals surface area contributed by atoms with Crippen molar-refractivity contribution in [2.45, 2.75) is 38.6 Å². The standard InChI is InChI=1S/C14H20N2O2/c1-9-2-5-11(6-3-9)16-13-8-10(15)4-7-12(13)14(17)18/h4,7-9,11,16H,2-3,5-6,15H2,1H3,(H,17,18). The lowest BCUT2D eigenvalue weighted by Crippen LogP contribution is -2.26. The molecule has 0 amide bonds. The fourth-order valence-electron chi connectivity index (χ4n) is 2.49. The van der Waals surface area contributed by atoms with E-state index < -0.39 is 5.97 Å². The fourth-order valence-corrected chi connectivity index (χ4v) is 2.49. The Labute approximate surface area is 107 Å². The van der Waals surface area contributed by atoms with Gasteiger partial charge in [-0.15, -0.1) is 0 Å². The van der Waals surface area contributed by atoms with Crippen molar-refractivity contribution in [3.8, 4) is 0 Å². The van der Waals surface area contributed by atoms with E-state index in [9.17, 15) is 4.79 Å². The molecule has 1 aromatic rings. The van der Waals surface area contributed by atoms with E-state index in [1.807, 2.05) is 0 Å². The number of hydrogen-bond acceptors (Lipinski definition) is 3. The van der Waals surface area contributed by atoms with Crippen molar-refractivity contribution < 1.29 is 9.90 Å². The molecule has 1 aliphatic rings. The van der Waals surface area contributed by atoms with Gasteiger partial charge in [-0.1, -0.05) is 6.92 Å². The largest absolute Gasteiger partial charge is 0.478 e. The number of hydrogen-bond donors (Lipinski definition) is 3. The lowest BCUT2D eigenvalue weighted by molar-refractivity contribution is 0.0698. The molecule has 0 heterocycles. The SMILES string of the molecule is CC1CCC(Nc2cc(N)ccc2C(=O)O)CC1. The normalized spacial score (nSPS) is 23.6. The predicted octanol–water partition coefficient (Wildman–Crippen LogP) is 2.96. The highest BCUT2D eigenvalue weighted by Crippen LogP contribution is 2.28. The number of aromatic carboxylic acids is 1. The van der Waals surface area contributed by atoms with Crippen LogP contribution >= 0.6 is 0 Å². The molecule has 0 radical (unpaired) electrons. The van der Waals surface area contributed by atoms with Crippen LogP contribution in [0.15, 0.2) is 18.2 Å². The second-order valence-electron chi connectivity index (χ2n) is 5.21. The summed E-state index contributed by atoms with van der Waals surface area (Å²) >= 11 is 0. The van der Waals surface area contributed by atoms with Crippen LogP contribution in [0.4, 0.5) is 11.4 Å². The highest BCUT2D eigenvalue weighted by Gasteiger charge is 2.20. The lowest BCUT2D eigenvalue weighted by Gasteiger charge is -2.28. The van der Waals surface area contributed by atoms with Crippen molar-refractivity contribution in [2.24, 2.45) is 5.92 Å². The third kappa shape index (κ3) is 2.94. The number of nitrogens with one attached hydrogen (secondary N) is 1. The summed E-state index contributed by atoms with van der Waals surface area (Å²) in [6.07, 6.45) is 4.58. The van der Waals surface area contributed by atoms with Gasteiger partial charge in [-0.3, -0.25) is 0 Å². The molecule has 0 atom stereocenters. The first kappa shape index (κ1) is 12.7. The number of nitrogen functional groups attached to an aromatic ring is 1. The Hall–Kier alpha value is -1.71. The van der Waals surface area contributed by atoms with Crippen LogP contribution in [0.5, 0.6) is 0 Å². The van der Waals surface area contributed by atoms with Gasteiger partial charge in [-0.25, -0.2) is 4.79 Å². The molecule has 0 saturated heterocycles. The summed E-state index contributed by atoms with van der Waals surface area (Å²) in [7, 11) is 0. The number of carboxylic acids is 1. The van der Waals surface area contributed by atoms with Gasteiger partial charge in [0.15, 0.2) is 0 Å². The van der Waals surface area contributed by atoms with E-state index in [1.54, 1.807) is 18.2 Å². The van der Waals surface area contributed by atoms with Gasteiger partial charge in [0.2, 0.25) is 0 Å². The molecule has 1 aliphatic carbocycles. The summed E-state index contributed by atoms with van der Waals surface area (Å²) in [6.45, 7) is 2.26. The van der Waals surface area contributed by atoms with Crippen molar-refractivity contribution in [3.63, 3.8) is 0 Å². The Balaban J connectivity index is 2.12. The van der Waals surface area contributed by atoms with E-state index in [-0.39, 0.29) is 0 Å². The average Bonchev–Trinajstić information content (AvgIpc) is 2.32. The highest BCUT2D eigenvalue weighted by molar-refractivity contribution is 5.95. The Morgan fingerprint density at radius 3 is 2.61 bits per heavy atom. The van der Waals surface area contributed by atoms with Crippen LogP contribution in [-0.4, -0.2) is 17.1 Å². The van der Waals surface area contributed by atoms with Crippen LogP contribution < -0.4 is 11.1 Å². The van der Waals surface area contributed by atoms with E-state index in [4.69, 9.17) is 10.8 Å². The molecule has 98 valence electrons.